The van der Waals surface area contributed by atoms with Gasteiger partial charge in [0.05, 0.1) is 22.6 Å². The maximum Gasteiger partial charge on any atom is 0.471 e. The predicted molar refractivity (Wildman–Crippen MR) is 121 cm³/mol. The van der Waals surface area contributed by atoms with Crippen LogP contribution in [-0.2, 0) is 20.3 Å². The highest BCUT2D eigenvalue weighted by molar-refractivity contribution is 8.13. The van der Waals surface area contributed by atoms with Crippen molar-refractivity contribution in [3.63, 3.8) is 0 Å². The van der Waals surface area contributed by atoms with Crippen molar-refractivity contribution in [2.75, 3.05) is 26.2 Å². The monoisotopic (exact) mass is 547 g/mol. The van der Waals surface area contributed by atoms with E-state index in [2.05, 4.69) is 6.07 Å². The largest absolute Gasteiger partial charge is 0.484 e. The SMILES string of the molecule is N#Cc1cc(Cl)cc2c1C[C@H](N1CCN(C(=O)C(F)(F)F)CC1)[C@H]2Oc1ccc(S(=O)(=O)Cl)cc1. The highest BCUT2D eigenvalue weighted by atomic mass is 35.7. The lowest BCUT2D eigenvalue weighted by atomic mass is 10.0. The molecule has 0 aromatic heterocycles. The van der Waals surface area contributed by atoms with Crippen molar-refractivity contribution in [1.29, 1.82) is 5.26 Å². The average Bonchev–Trinajstić information content (AvgIpc) is 3.15. The molecule has 1 aliphatic heterocycles. The molecule has 0 N–H and O–H groups in total. The van der Waals surface area contributed by atoms with Gasteiger partial charge in [-0.05, 0) is 53.9 Å². The molecule has 35 heavy (non-hydrogen) atoms. The van der Waals surface area contributed by atoms with Gasteiger partial charge in [-0.1, -0.05) is 11.6 Å². The summed E-state index contributed by atoms with van der Waals surface area (Å²) in [5.41, 5.74) is 1.76. The molecule has 1 fully saturated rings. The molecule has 2 atom stereocenters. The molecule has 13 heteroatoms. The van der Waals surface area contributed by atoms with Gasteiger partial charge in [0, 0.05) is 41.9 Å². The normalized spacial score (nSPS) is 20.9. The first-order chi connectivity index (χ1) is 16.4. The van der Waals surface area contributed by atoms with Crippen molar-refractivity contribution in [3.05, 3.63) is 58.1 Å². The van der Waals surface area contributed by atoms with Gasteiger partial charge in [-0.2, -0.15) is 18.4 Å². The molecule has 186 valence electrons. The number of nitrogens with zero attached hydrogens (tertiary/aromatic N) is 3. The van der Waals surface area contributed by atoms with E-state index in [1.807, 2.05) is 4.90 Å². The third-order valence-corrected chi connectivity index (χ3v) is 7.71. The maximum atomic E-state index is 12.8. The molecular formula is C22H18Cl2F3N3O4S. The Hall–Kier alpha value is -2.52. The van der Waals surface area contributed by atoms with Crippen LogP contribution in [0.15, 0.2) is 41.3 Å². The molecule has 2 aromatic rings. The first kappa shape index (κ1) is 25.6. The molecule has 1 saturated heterocycles. The van der Waals surface area contributed by atoms with Crippen LogP contribution in [0.1, 0.15) is 22.8 Å². The molecule has 2 aromatic carbocycles. The van der Waals surface area contributed by atoms with Crippen LogP contribution in [0.3, 0.4) is 0 Å². The third kappa shape index (κ3) is 5.35. The number of hydrogen-bond acceptors (Lipinski definition) is 6. The zero-order valence-electron chi connectivity index (χ0n) is 17.9. The van der Waals surface area contributed by atoms with E-state index in [9.17, 15) is 31.6 Å². The molecule has 1 amide bonds. The summed E-state index contributed by atoms with van der Waals surface area (Å²) in [5.74, 6) is -1.53. The highest BCUT2D eigenvalue weighted by Gasteiger charge is 2.45. The lowest BCUT2D eigenvalue weighted by molar-refractivity contribution is -0.187. The van der Waals surface area contributed by atoms with Crippen LogP contribution in [0.4, 0.5) is 13.2 Å². The van der Waals surface area contributed by atoms with E-state index >= 15 is 0 Å². The Morgan fingerprint density at radius 3 is 2.29 bits per heavy atom. The van der Waals surface area contributed by atoms with Crippen molar-refractivity contribution >= 4 is 37.2 Å². The minimum absolute atomic E-state index is 0.102. The van der Waals surface area contributed by atoms with E-state index in [1.165, 1.54) is 24.3 Å². The summed E-state index contributed by atoms with van der Waals surface area (Å²) in [6, 6.07) is 10.5. The fourth-order valence-electron chi connectivity index (χ4n) is 4.49. The zero-order valence-corrected chi connectivity index (χ0v) is 20.3. The van der Waals surface area contributed by atoms with Crippen LogP contribution in [0, 0.1) is 11.3 Å². The first-order valence-electron chi connectivity index (χ1n) is 10.4. The molecule has 2 aliphatic rings. The minimum atomic E-state index is -4.93. The first-order valence-corrected chi connectivity index (χ1v) is 13.1. The number of hydrogen-bond donors (Lipinski definition) is 0. The molecule has 0 radical (unpaired) electrons. The van der Waals surface area contributed by atoms with Crippen molar-refractivity contribution in [2.24, 2.45) is 0 Å². The Kier molecular flexibility index (Phi) is 6.94. The third-order valence-electron chi connectivity index (χ3n) is 6.12. The number of alkyl halides is 3. The number of carbonyl (C=O) groups excluding carboxylic acids is 1. The maximum absolute atomic E-state index is 12.8. The summed E-state index contributed by atoms with van der Waals surface area (Å²) in [4.78, 5) is 14.2. The number of carbonyl (C=O) groups is 1. The lowest BCUT2D eigenvalue weighted by Gasteiger charge is -2.40. The topological polar surface area (TPSA) is 90.7 Å². The highest BCUT2D eigenvalue weighted by Crippen LogP contribution is 2.41. The smallest absolute Gasteiger partial charge is 0.471 e. The fourth-order valence-corrected chi connectivity index (χ4v) is 5.49. The van der Waals surface area contributed by atoms with Gasteiger partial charge in [-0.25, -0.2) is 8.42 Å². The van der Waals surface area contributed by atoms with Crippen molar-refractivity contribution in [3.8, 4) is 11.8 Å². The fraction of sp³-hybridized carbons (Fsp3) is 0.364. The Balaban J connectivity index is 1.61. The van der Waals surface area contributed by atoms with E-state index in [-0.39, 0.29) is 37.1 Å². The lowest BCUT2D eigenvalue weighted by Crippen LogP contribution is -2.55. The number of ether oxygens (including phenoxy) is 1. The van der Waals surface area contributed by atoms with E-state index in [0.29, 0.717) is 28.3 Å². The Morgan fingerprint density at radius 2 is 1.74 bits per heavy atom. The molecule has 1 heterocycles. The number of halogens is 5. The van der Waals surface area contributed by atoms with Crippen LogP contribution >= 0.6 is 22.3 Å². The number of piperazine rings is 1. The molecule has 0 spiro atoms. The summed E-state index contributed by atoms with van der Waals surface area (Å²) in [6.45, 7) is 0.150. The molecule has 0 bridgehead atoms. The summed E-state index contributed by atoms with van der Waals surface area (Å²) in [6.07, 6.45) is -5.18. The van der Waals surface area contributed by atoms with Crippen LogP contribution in [0.2, 0.25) is 5.02 Å². The van der Waals surface area contributed by atoms with Gasteiger partial charge >= 0.3 is 12.1 Å². The second kappa shape index (κ2) is 9.50. The van der Waals surface area contributed by atoms with Crippen LogP contribution in [-0.4, -0.2) is 62.5 Å². The predicted octanol–water partition coefficient (Wildman–Crippen LogP) is 3.89. The van der Waals surface area contributed by atoms with E-state index < -0.39 is 27.2 Å². The van der Waals surface area contributed by atoms with Crippen LogP contribution in [0.25, 0.3) is 0 Å². The molecule has 0 saturated carbocycles. The van der Waals surface area contributed by atoms with Crippen molar-refractivity contribution < 1.29 is 31.1 Å². The van der Waals surface area contributed by atoms with Gasteiger partial charge in [0.2, 0.25) is 0 Å². The van der Waals surface area contributed by atoms with Crippen molar-refractivity contribution in [1.82, 2.24) is 9.80 Å². The Labute approximate surface area is 209 Å². The van der Waals surface area contributed by atoms with Crippen LogP contribution < -0.4 is 4.74 Å². The second-order valence-electron chi connectivity index (χ2n) is 8.18. The summed E-state index contributed by atoms with van der Waals surface area (Å²) >= 11 is 6.22. The summed E-state index contributed by atoms with van der Waals surface area (Å²) in [5, 5.41) is 9.93. The number of benzene rings is 2. The van der Waals surface area contributed by atoms with E-state index in [0.717, 1.165) is 10.5 Å². The number of fused-ring (bicyclic) bond motifs is 1. The van der Waals surface area contributed by atoms with Gasteiger partial charge in [0.1, 0.15) is 11.9 Å². The zero-order chi connectivity index (χ0) is 25.5. The van der Waals surface area contributed by atoms with E-state index in [4.69, 9.17) is 27.0 Å². The summed E-state index contributed by atoms with van der Waals surface area (Å²) < 4.78 is 67.7. The molecule has 7 nitrogen and oxygen atoms in total. The van der Waals surface area contributed by atoms with Gasteiger partial charge in [-0.3, -0.25) is 9.69 Å². The quantitative estimate of drug-likeness (QED) is 0.539. The molecule has 0 unspecified atom stereocenters. The molecule has 1 aliphatic carbocycles. The number of nitriles is 1. The number of amides is 1. The van der Waals surface area contributed by atoms with Gasteiger partial charge < -0.3 is 9.64 Å². The van der Waals surface area contributed by atoms with E-state index in [1.54, 1.807) is 12.1 Å². The Bertz CT molecular complexity index is 1290. The second-order valence-corrected chi connectivity index (χ2v) is 11.2. The summed E-state index contributed by atoms with van der Waals surface area (Å²) in [7, 11) is 1.45. The standard InChI is InChI=1S/C22H18Cl2F3N3O4S/c23-14-9-13(12-28)17-11-19(29-5-7-30(8-6-29)21(31)22(25,26)27)20(18(17)10-14)34-15-1-3-16(4-2-15)35(24,32)33/h1-4,9-10,19-20H,5-8,11H2/t19-,20-/m0/s1. The minimum Gasteiger partial charge on any atom is -0.484 e. The van der Waals surface area contributed by atoms with Gasteiger partial charge in [0.15, 0.2) is 0 Å². The average molecular weight is 548 g/mol. The van der Waals surface area contributed by atoms with Gasteiger partial charge in [-0.15, -0.1) is 0 Å². The number of rotatable bonds is 4. The van der Waals surface area contributed by atoms with Crippen molar-refractivity contribution in [2.45, 2.75) is 29.6 Å². The Morgan fingerprint density at radius 1 is 1.11 bits per heavy atom. The van der Waals surface area contributed by atoms with Gasteiger partial charge in [0.25, 0.3) is 9.05 Å². The molecule has 4 rings (SSSR count). The molecular weight excluding hydrogens is 530 g/mol. The van der Waals surface area contributed by atoms with Crippen LogP contribution in [0.5, 0.6) is 5.75 Å².